The number of nitrogens with two attached hydrogens (primary N) is 1. The molecule has 0 aliphatic carbocycles. The summed E-state index contributed by atoms with van der Waals surface area (Å²) in [5.41, 5.74) is 2.51. The summed E-state index contributed by atoms with van der Waals surface area (Å²) in [5.74, 6) is -0.467. The van der Waals surface area contributed by atoms with Crippen molar-refractivity contribution >= 4 is 0 Å². The maximum absolute atomic E-state index is 13.0. The zero-order chi connectivity index (χ0) is 21.9. The quantitative estimate of drug-likeness (QED) is 0.366. The third kappa shape index (κ3) is 6.04. The van der Waals surface area contributed by atoms with Gasteiger partial charge in [-0.05, 0) is 47.9 Å². The summed E-state index contributed by atoms with van der Waals surface area (Å²) >= 11 is 0. The summed E-state index contributed by atoms with van der Waals surface area (Å²) < 4.78 is 95.8. The molecule has 0 radical (unpaired) electrons. The number of hydrogen-bond acceptors (Lipinski definition) is 2. The molecule has 0 amide bonds. The van der Waals surface area contributed by atoms with Crippen molar-refractivity contribution in [1.82, 2.24) is 0 Å². The largest absolute Gasteiger partial charge is 0.416 e. The molecule has 0 heterocycles. The molecule has 29 heavy (non-hydrogen) atoms. The van der Waals surface area contributed by atoms with Crippen LogP contribution in [0.1, 0.15) is 22.3 Å². The van der Waals surface area contributed by atoms with Gasteiger partial charge in [-0.2, -0.15) is 26.3 Å². The lowest BCUT2D eigenvalue weighted by Crippen LogP contribution is -2.39. The fourth-order valence-electron chi connectivity index (χ4n) is 2.62. The minimum Gasteiger partial charge on any atom is -0.378 e. The topological polar surface area (TPSA) is 35.2 Å². The number of halogens is 7. The minimum atomic E-state index is -4.91. The second-order valence-electron chi connectivity index (χ2n) is 6.47. The molecule has 2 N–H and O–H groups in total. The number of benzene rings is 2. The van der Waals surface area contributed by atoms with E-state index in [-0.39, 0.29) is 31.3 Å². The van der Waals surface area contributed by atoms with Gasteiger partial charge in [0.05, 0.1) is 29.9 Å². The molecule has 1 atom stereocenters. The maximum atomic E-state index is 13.0. The van der Waals surface area contributed by atoms with Gasteiger partial charge in [0.1, 0.15) is 5.82 Å². The van der Waals surface area contributed by atoms with E-state index in [2.05, 4.69) is 6.58 Å². The first-order valence-electron chi connectivity index (χ1n) is 8.40. The monoisotopic (exact) mass is 421 g/mol. The Balaban J connectivity index is 2.09. The Kier molecular flexibility index (Phi) is 6.74. The molecule has 0 aromatic heterocycles. The molecule has 0 spiro atoms. The molecule has 158 valence electrons. The Morgan fingerprint density at radius 1 is 0.862 bits per heavy atom. The predicted molar refractivity (Wildman–Crippen MR) is 93.4 cm³/mol. The third-order valence-electron chi connectivity index (χ3n) is 4.27. The summed E-state index contributed by atoms with van der Waals surface area (Å²) in [4.78, 5) is 0. The van der Waals surface area contributed by atoms with Gasteiger partial charge in [-0.3, -0.25) is 0 Å². The Bertz CT molecular complexity index is 811. The van der Waals surface area contributed by atoms with Crippen LogP contribution < -0.4 is 5.73 Å². The fraction of sp³-hybridized carbons (Fsp3) is 0.300. The van der Waals surface area contributed by atoms with Gasteiger partial charge >= 0.3 is 12.4 Å². The van der Waals surface area contributed by atoms with Crippen molar-refractivity contribution in [2.75, 3.05) is 13.2 Å². The fourth-order valence-corrected chi connectivity index (χ4v) is 2.62. The lowest BCUT2D eigenvalue weighted by Gasteiger charge is -2.26. The second-order valence-corrected chi connectivity index (χ2v) is 6.47. The van der Waals surface area contributed by atoms with Crippen LogP contribution in [0.15, 0.2) is 55.1 Å². The lowest BCUT2D eigenvalue weighted by atomic mass is 9.92. The van der Waals surface area contributed by atoms with Crippen LogP contribution in [0.4, 0.5) is 30.7 Å². The molecule has 0 saturated heterocycles. The van der Waals surface area contributed by atoms with Crippen molar-refractivity contribution in [3.63, 3.8) is 0 Å². The predicted octanol–water partition coefficient (Wildman–Crippen LogP) is 5.46. The van der Waals surface area contributed by atoms with Crippen molar-refractivity contribution in [2.24, 2.45) is 5.73 Å². The first kappa shape index (κ1) is 22.9. The summed E-state index contributed by atoms with van der Waals surface area (Å²) in [5, 5.41) is 0. The zero-order valence-corrected chi connectivity index (χ0v) is 15.1. The molecule has 0 aliphatic rings. The highest BCUT2D eigenvalue weighted by Gasteiger charge is 2.36. The first-order valence-corrected chi connectivity index (χ1v) is 8.40. The average molecular weight is 421 g/mol. The molecule has 2 aromatic carbocycles. The SMILES string of the molecule is C=C[C@@](N)(COCCc1cc(C(F)(F)F)cc(C(F)(F)F)c1)c1ccc(F)cc1. The number of rotatable bonds is 7. The highest BCUT2D eigenvalue weighted by atomic mass is 19.4. The highest BCUT2D eigenvalue weighted by Crippen LogP contribution is 2.36. The van der Waals surface area contributed by atoms with Crippen LogP contribution >= 0.6 is 0 Å². The van der Waals surface area contributed by atoms with Crippen LogP contribution in [0.3, 0.4) is 0 Å². The number of hydrogen-bond donors (Lipinski definition) is 1. The van der Waals surface area contributed by atoms with Gasteiger partial charge in [0, 0.05) is 0 Å². The standard InChI is InChI=1S/C20H18F7NO/c1-2-18(28,14-3-5-17(21)6-4-14)12-29-8-7-13-9-15(19(22,23)24)11-16(10-13)20(25,26)27/h2-6,9-11H,1,7-8,12,28H2/t18-/m1/s1. The molecular weight excluding hydrogens is 403 g/mol. The van der Waals surface area contributed by atoms with E-state index in [1.807, 2.05) is 0 Å². The van der Waals surface area contributed by atoms with E-state index in [0.717, 1.165) is 0 Å². The first-order chi connectivity index (χ1) is 13.3. The molecule has 0 fully saturated rings. The average Bonchev–Trinajstić information content (AvgIpc) is 2.64. The van der Waals surface area contributed by atoms with E-state index in [0.29, 0.717) is 17.7 Å². The van der Waals surface area contributed by atoms with E-state index >= 15 is 0 Å². The molecule has 0 aliphatic heterocycles. The van der Waals surface area contributed by atoms with Gasteiger partial charge in [0.2, 0.25) is 0 Å². The molecule has 2 nitrogen and oxygen atoms in total. The van der Waals surface area contributed by atoms with Crippen LogP contribution in [-0.2, 0) is 29.0 Å². The molecule has 0 unspecified atom stereocenters. The number of alkyl halides is 6. The molecule has 2 aromatic rings. The summed E-state index contributed by atoms with van der Waals surface area (Å²) in [6, 6.07) is 6.64. The van der Waals surface area contributed by atoms with Crippen LogP contribution in [0.2, 0.25) is 0 Å². The second kappa shape index (κ2) is 8.54. The maximum Gasteiger partial charge on any atom is 0.416 e. The molecular formula is C20H18F7NO. The zero-order valence-electron chi connectivity index (χ0n) is 15.1. The van der Waals surface area contributed by atoms with E-state index in [1.165, 1.54) is 30.3 Å². The molecule has 2 rings (SSSR count). The van der Waals surface area contributed by atoms with Gasteiger partial charge in [-0.25, -0.2) is 4.39 Å². The lowest BCUT2D eigenvalue weighted by molar-refractivity contribution is -0.143. The molecule has 9 heteroatoms. The van der Waals surface area contributed by atoms with Crippen LogP contribution in [-0.4, -0.2) is 13.2 Å². The van der Waals surface area contributed by atoms with Crippen molar-refractivity contribution in [3.05, 3.63) is 83.2 Å². The van der Waals surface area contributed by atoms with Gasteiger partial charge in [0.15, 0.2) is 0 Å². The number of ether oxygens (including phenoxy) is 1. The van der Waals surface area contributed by atoms with Gasteiger partial charge in [-0.15, -0.1) is 6.58 Å². The van der Waals surface area contributed by atoms with Gasteiger partial charge < -0.3 is 10.5 Å². The summed E-state index contributed by atoms with van der Waals surface area (Å²) in [6.45, 7) is 3.28. The van der Waals surface area contributed by atoms with E-state index in [1.54, 1.807) is 0 Å². The summed E-state index contributed by atoms with van der Waals surface area (Å²) in [6.07, 6.45) is -8.64. The smallest absolute Gasteiger partial charge is 0.378 e. The molecule has 0 bridgehead atoms. The van der Waals surface area contributed by atoms with E-state index in [9.17, 15) is 30.7 Å². The van der Waals surface area contributed by atoms with Crippen molar-refractivity contribution in [3.8, 4) is 0 Å². The summed E-state index contributed by atoms with van der Waals surface area (Å²) in [7, 11) is 0. The normalized spacial score (nSPS) is 14.5. The third-order valence-corrected chi connectivity index (χ3v) is 4.27. The van der Waals surface area contributed by atoms with Crippen molar-refractivity contribution in [2.45, 2.75) is 24.3 Å². The Hall–Kier alpha value is -2.39. The van der Waals surface area contributed by atoms with E-state index < -0.39 is 34.8 Å². The highest BCUT2D eigenvalue weighted by molar-refractivity contribution is 5.34. The van der Waals surface area contributed by atoms with Crippen LogP contribution in [0.25, 0.3) is 0 Å². The Morgan fingerprint density at radius 2 is 1.38 bits per heavy atom. The van der Waals surface area contributed by atoms with Crippen LogP contribution in [0.5, 0.6) is 0 Å². The molecule has 0 saturated carbocycles. The Morgan fingerprint density at radius 3 is 1.83 bits per heavy atom. The van der Waals surface area contributed by atoms with Crippen LogP contribution in [0, 0.1) is 5.82 Å². The minimum absolute atomic E-state index is 0.0709. The van der Waals surface area contributed by atoms with Crippen molar-refractivity contribution in [1.29, 1.82) is 0 Å². The Labute approximate surface area is 162 Å². The van der Waals surface area contributed by atoms with Gasteiger partial charge in [-0.1, -0.05) is 18.2 Å². The van der Waals surface area contributed by atoms with Crippen molar-refractivity contribution < 1.29 is 35.5 Å². The van der Waals surface area contributed by atoms with E-state index in [4.69, 9.17) is 10.5 Å². The van der Waals surface area contributed by atoms with Gasteiger partial charge in [0.25, 0.3) is 0 Å².